The van der Waals surface area contributed by atoms with Crippen LogP contribution in [0.5, 0.6) is 0 Å². The van der Waals surface area contributed by atoms with Crippen molar-refractivity contribution in [1.29, 1.82) is 0 Å². The van der Waals surface area contributed by atoms with Crippen LogP contribution in [0.2, 0.25) is 5.02 Å². The molecule has 0 atom stereocenters. The number of hydrogen-bond acceptors (Lipinski definition) is 2. The van der Waals surface area contributed by atoms with Crippen LogP contribution in [0.25, 0.3) is 11.3 Å². The van der Waals surface area contributed by atoms with E-state index >= 15 is 0 Å². The lowest BCUT2D eigenvalue weighted by atomic mass is 10.1. The summed E-state index contributed by atoms with van der Waals surface area (Å²) in [6.07, 6.45) is 5.09. The maximum atomic E-state index is 5.85. The Morgan fingerprint density at radius 3 is 2.80 bits per heavy atom. The van der Waals surface area contributed by atoms with E-state index in [9.17, 15) is 0 Å². The van der Waals surface area contributed by atoms with Crippen LogP contribution in [0.15, 0.2) is 36.8 Å². The Morgan fingerprint density at radius 1 is 1.27 bits per heavy atom. The first-order valence-corrected chi connectivity index (χ1v) is 5.33. The van der Waals surface area contributed by atoms with Crippen molar-refractivity contribution in [2.24, 2.45) is 0 Å². The van der Waals surface area contributed by atoms with E-state index < -0.39 is 0 Å². The Labute approximate surface area is 97.9 Å². The molecule has 2 aromatic rings. The number of aromatic nitrogens is 2. The maximum Gasteiger partial charge on any atom is 0.0762 e. The number of alkyl halides is 1. The Hall–Kier alpha value is -1.12. The van der Waals surface area contributed by atoms with E-state index in [1.807, 2.05) is 18.2 Å². The third kappa shape index (κ3) is 2.28. The Bertz CT molecular complexity index is 457. The van der Waals surface area contributed by atoms with Crippen molar-refractivity contribution in [2.75, 3.05) is 0 Å². The van der Waals surface area contributed by atoms with Gasteiger partial charge in [-0.3, -0.25) is 9.97 Å². The van der Waals surface area contributed by atoms with Crippen LogP contribution in [0, 0.1) is 0 Å². The zero-order valence-electron chi connectivity index (χ0n) is 7.82. The fourth-order valence-corrected chi connectivity index (χ4v) is 1.73. The van der Waals surface area contributed by atoms with Crippen LogP contribution in [0.4, 0.5) is 0 Å². The molecule has 0 aromatic carbocycles. The van der Waals surface area contributed by atoms with Crippen molar-refractivity contribution in [2.45, 2.75) is 5.88 Å². The summed E-state index contributed by atoms with van der Waals surface area (Å²) in [5.41, 5.74) is 2.70. The number of rotatable bonds is 2. The van der Waals surface area contributed by atoms with Gasteiger partial charge < -0.3 is 0 Å². The smallest absolute Gasteiger partial charge is 0.0762 e. The summed E-state index contributed by atoms with van der Waals surface area (Å²) in [5.74, 6) is 0.387. The second-order valence-corrected chi connectivity index (χ2v) is 3.74. The number of halogens is 2. The molecule has 76 valence electrons. The van der Waals surface area contributed by atoms with Gasteiger partial charge in [-0.05, 0) is 23.8 Å². The summed E-state index contributed by atoms with van der Waals surface area (Å²) in [7, 11) is 0. The van der Waals surface area contributed by atoms with E-state index in [0.717, 1.165) is 16.8 Å². The SMILES string of the molecule is ClCc1cc(Cl)cnc1-c1cccnc1. The molecule has 0 radical (unpaired) electrons. The molecule has 2 aromatic heterocycles. The lowest BCUT2D eigenvalue weighted by molar-refractivity contribution is 1.23. The Balaban J connectivity index is 2.53. The van der Waals surface area contributed by atoms with Gasteiger partial charge in [0.15, 0.2) is 0 Å². The van der Waals surface area contributed by atoms with E-state index in [4.69, 9.17) is 23.2 Å². The third-order valence-corrected chi connectivity index (χ3v) is 2.51. The predicted octanol–water partition coefficient (Wildman–Crippen LogP) is 3.54. The van der Waals surface area contributed by atoms with Crippen LogP contribution in [-0.4, -0.2) is 9.97 Å². The van der Waals surface area contributed by atoms with Gasteiger partial charge in [0, 0.05) is 30.0 Å². The van der Waals surface area contributed by atoms with Gasteiger partial charge in [0.25, 0.3) is 0 Å². The second kappa shape index (κ2) is 4.60. The van der Waals surface area contributed by atoms with Crippen molar-refractivity contribution in [3.8, 4) is 11.3 Å². The standard InChI is InChI=1S/C11H8Cl2N2/c12-5-9-4-10(13)7-15-11(9)8-2-1-3-14-6-8/h1-4,6-7H,5H2. The summed E-state index contributed by atoms with van der Waals surface area (Å²) < 4.78 is 0. The average molecular weight is 239 g/mol. The van der Waals surface area contributed by atoms with E-state index in [1.54, 1.807) is 18.6 Å². The summed E-state index contributed by atoms with van der Waals surface area (Å²) in [5, 5.41) is 0.596. The summed E-state index contributed by atoms with van der Waals surface area (Å²) in [6.45, 7) is 0. The number of hydrogen-bond donors (Lipinski definition) is 0. The zero-order valence-corrected chi connectivity index (χ0v) is 9.33. The molecule has 0 N–H and O–H groups in total. The lowest BCUT2D eigenvalue weighted by Gasteiger charge is -2.05. The van der Waals surface area contributed by atoms with Crippen LogP contribution in [-0.2, 0) is 5.88 Å². The molecule has 0 fully saturated rings. The Kier molecular flexibility index (Phi) is 3.19. The summed E-state index contributed by atoms with van der Waals surface area (Å²) in [4.78, 5) is 8.31. The van der Waals surface area contributed by atoms with Crippen molar-refractivity contribution in [3.63, 3.8) is 0 Å². The molecule has 2 heterocycles. The highest BCUT2D eigenvalue weighted by Crippen LogP contribution is 2.24. The molecular weight excluding hydrogens is 231 g/mol. The van der Waals surface area contributed by atoms with Crippen molar-refractivity contribution >= 4 is 23.2 Å². The number of nitrogens with zero attached hydrogens (tertiary/aromatic N) is 2. The molecule has 0 saturated carbocycles. The van der Waals surface area contributed by atoms with Gasteiger partial charge in [-0.15, -0.1) is 11.6 Å². The molecule has 0 unspecified atom stereocenters. The highest BCUT2D eigenvalue weighted by atomic mass is 35.5. The molecule has 0 spiro atoms. The normalized spacial score (nSPS) is 10.3. The van der Waals surface area contributed by atoms with E-state index in [-0.39, 0.29) is 0 Å². The van der Waals surface area contributed by atoms with Gasteiger partial charge in [0.05, 0.1) is 10.7 Å². The zero-order chi connectivity index (χ0) is 10.7. The van der Waals surface area contributed by atoms with E-state index in [2.05, 4.69) is 9.97 Å². The predicted molar refractivity (Wildman–Crippen MR) is 62.0 cm³/mol. The van der Waals surface area contributed by atoms with Crippen LogP contribution in [0.1, 0.15) is 5.56 Å². The minimum absolute atomic E-state index is 0.387. The van der Waals surface area contributed by atoms with E-state index in [1.165, 1.54) is 0 Å². The minimum Gasteiger partial charge on any atom is -0.264 e. The van der Waals surface area contributed by atoms with Gasteiger partial charge >= 0.3 is 0 Å². The van der Waals surface area contributed by atoms with Gasteiger partial charge in [-0.1, -0.05) is 11.6 Å². The monoisotopic (exact) mass is 238 g/mol. The molecule has 0 aliphatic rings. The highest BCUT2D eigenvalue weighted by molar-refractivity contribution is 6.30. The van der Waals surface area contributed by atoms with Crippen LogP contribution >= 0.6 is 23.2 Å². The van der Waals surface area contributed by atoms with Crippen molar-refractivity contribution < 1.29 is 0 Å². The molecule has 0 bridgehead atoms. The topological polar surface area (TPSA) is 25.8 Å². The fraction of sp³-hybridized carbons (Fsp3) is 0.0909. The van der Waals surface area contributed by atoms with Crippen LogP contribution < -0.4 is 0 Å². The molecule has 0 amide bonds. The number of pyridine rings is 2. The van der Waals surface area contributed by atoms with E-state index in [0.29, 0.717) is 10.9 Å². The molecular formula is C11H8Cl2N2. The van der Waals surface area contributed by atoms with Gasteiger partial charge in [0.1, 0.15) is 0 Å². The molecule has 0 aliphatic carbocycles. The molecule has 15 heavy (non-hydrogen) atoms. The molecule has 2 rings (SSSR count). The molecule has 4 heteroatoms. The van der Waals surface area contributed by atoms with Crippen molar-refractivity contribution in [3.05, 3.63) is 47.4 Å². The van der Waals surface area contributed by atoms with Gasteiger partial charge in [-0.2, -0.15) is 0 Å². The van der Waals surface area contributed by atoms with Gasteiger partial charge in [-0.25, -0.2) is 0 Å². The largest absolute Gasteiger partial charge is 0.264 e. The van der Waals surface area contributed by atoms with Crippen LogP contribution in [0.3, 0.4) is 0 Å². The molecule has 0 saturated heterocycles. The lowest BCUT2D eigenvalue weighted by Crippen LogP contribution is -1.91. The minimum atomic E-state index is 0.387. The quantitative estimate of drug-likeness (QED) is 0.749. The first kappa shape index (κ1) is 10.4. The first-order valence-electron chi connectivity index (χ1n) is 4.42. The third-order valence-electron chi connectivity index (χ3n) is 2.01. The summed E-state index contributed by atoms with van der Waals surface area (Å²) in [6, 6.07) is 5.63. The maximum absolute atomic E-state index is 5.85. The second-order valence-electron chi connectivity index (χ2n) is 3.04. The summed E-state index contributed by atoms with van der Waals surface area (Å²) >= 11 is 11.7. The van der Waals surface area contributed by atoms with Crippen molar-refractivity contribution in [1.82, 2.24) is 9.97 Å². The Morgan fingerprint density at radius 2 is 2.13 bits per heavy atom. The first-order chi connectivity index (χ1) is 7.31. The molecule has 2 nitrogen and oxygen atoms in total. The fourth-order valence-electron chi connectivity index (χ4n) is 1.35. The molecule has 0 aliphatic heterocycles. The van der Waals surface area contributed by atoms with Gasteiger partial charge in [0.2, 0.25) is 0 Å². The average Bonchev–Trinajstić information content (AvgIpc) is 2.30. The highest BCUT2D eigenvalue weighted by Gasteiger charge is 2.06.